The van der Waals surface area contributed by atoms with Gasteiger partial charge in [-0.2, -0.15) is 0 Å². The molecule has 4 aliphatic rings. The molecule has 2 aromatic carbocycles. The average Bonchev–Trinajstić information content (AvgIpc) is 3.69. The minimum absolute atomic E-state index is 0. The van der Waals surface area contributed by atoms with Crippen LogP contribution in [-0.4, -0.2) is 30.3 Å². The van der Waals surface area contributed by atoms with Crippen molar-refractivity contribution in [2.45, 2.75) is 51.2 Å². The van der Waals surface area contributed by atoms with Gasteiger partial charge in [-0.15, -0.1) is 0 Å². The standard InChI is InChI=1S/C29H30NO4.C5H5.Fe/c1-29(2,3)34-27(31)16-18-15-26(24-14-8-13-19(18)24)30-28(32)33-17-25-22-11-6-4-9-20(22)21-10-5-7-12-23(21)25;1-2-4-5-3-1;/h4-14,18,25-26H,15-17H2,1-3H3,(H,30,32);1-5H;/q;;+2/t18-,26+;;/m0../s1. The van der Waals surface area contributed by atoms with E-state index in [0.29, 0.717) is 12.8 Å². The molecule has 5 nitrogen and oxygen atoms in total. The van der Waals surface area contributed by atoms with E-state index in [2.05, 4.69) is 29.6 Å². The van der Waals surface area contributed by atoms with Crippen LogP contribution in [0.5, 0.6) is 0 Å². The first kappa shape index (κ1) is 30.7. The van der Waals surface area contributed by atoms with Crippen molar-refractivity contribution in [2.24, 2.45) is 5.92 Å². The van der Waals surface area contributed by atoms with Crippen LogP contribution in [0.15, 0.2) is 48.5 Å². The van der Waals surface area contributed by atoms with Crippen molar-refractivity contribution in [3.63, 3.8) is 0 Å². The van der Waals surface area contributed by atoms with Gasteiger partial charge in [-0.1, -0.05) is 48.5 Å². The molecule has 0 saturated heterocycles. The molecule has 2 atom stereocenters. The van der Waals surface area contributed by atoms with Crippen LogP contribution >= 0.6 is 0 Å². The van der Waals surface area contributed by atoms with Gasteiger partial charge >= 0.3 is 29.1 Å². The van der Waals surface area contributed by atoms with Crippen LogP contribution in [0.1, 0.15) is 50.7 Å². The fraction of sp³-hybridized carbons (Fsp3) is 0.294. The van der Waals surface area contributed by atoms with Gasteiger partial charge in [0.1, 0.15) is 12.2 Å². The Morgan fingerprint density at radius 2 is 1.38 bits per heavy atom. The molecule has 0 aromatic heterocycles. The minimum Gasteiger partial charge on any atom is -0.460 e. The first-order chi connectivity index (χ1) is 18.8. The Bertz CT molecular complexity index is 1100. The second-order valence-electron chi connectivity index (χ2n) is 11.1. The summed E-state index contributed by atoms with van der Waals surface area (Å²) in [6, 6.07) is 16.4. The molecular weight excluding hydrogens is 542 g/mol. The molecule has 0 aliphatic heterocycles. The molecule has 0 spiro atoms. The maximum atomic E-state index is 12.8. The van der Waals surface area contributed by atoms with Gasteiger partial charge < -0.3 is 14.8 Å². The summed E-state index contributed by atoms with van der Waals surface area (Å²) < 4.78 is 11.2. The van der Waals surface area contributed by atoms with Crippen molar-refractivity contribution in [2.75, 3.05) is 6.61 Å². The Kier molecular flexibility index (Phi) is 10.4. The van der Waals surface area contributed by atoms with Gasteiger partial charge in [-0.05, 0) is 113 Å². The second-order valence-corrected chi connectivity index (χ2v) is 11.1. The summed E-state index contributed by atoms with van der Waals surface area (Å²) in [6.07, 6.45) is 16.5. The van der Waals surface area contributed by atoms with Crippen molar-refractivity contribution in [3.05, 3.63) is 123 Å². The number of benzene rings is 2. The van der Waals surface area contributed by atoms with Crippen molar-refractivity contribution in [1.29, 1.82) is 0 Å². The van der Waals surface area contributed by atoms with E-state index in [1.807, 2.05) is 96.4 Å². The second kappa shape index (κ2) is 13.6. The molecule has 206 valence electrons. The first-order valence-corrected chi connectivity index (χ1v) is 13.6. The number of fused-ring (bicyclic) bond motifs is 4. The zero-order valence-corrected chi connectivity index (χ0v) is 24.2. The number of ether oxygens (including phenoxy) is 2. The smallest absolute Gasteiger partial charge is 0.460 e. The third kappa shape index (κ3) is 7.31. The number of amides is 1. The van der Waals surface area contributed by atoms with Gasteiger partial charge in [0.2, 0.25) is 0 Å². The van der Waals surface area contributed by atoms with Crippen LogP contribution in [0.25, 0.3) is 11.1 Å². The van der Waals surface area contributed by atoms with Gasteiger partial charge in [-0.25, -0.2) is 4.79 Å². The largest absolute Gasteiger partial charge is 2.00 e. The fourth-order valence-electron chi connectivity index (χ4n) is 5.69. The molecule has 0 bridgehead atoms. The number of hydrogen-bond acceptors (Lipinski definition) is 4. The topological polar surface area (TPSA) is 64.6 Å². The average molecular weight is 578 g/mol. The summed E-state index contributed by atoms with van der Waals surface area (Å²) in [7, 11) is 0. The molecule has 6 heteroatoms. The number of rotatable bonds is 5. The normalized spacial score (nSPS) is 21.9. The van der Waals surface area contributed by atoms with E-state index in [0.717, 1.165) is 11.8 Å². The Morgan fingerprint density at radius 1 is 0.825 bits per heavy atom. The molecule has 4 aliphatic carbocycles. The molecule has 1 N–H and O–H groups in total. The van der Waals surface area contributed by atoms with Crippen molar-refractivity contribution in [1.82, 2.24) is 5.32 Å². The van der Waals surface area contributed by atoms with E-state index in [1.54, 1.807) is 0 Å². The van der Waals surface area contributed by atoms with Crippen LogP contribution in [0.4, 0.5) is 4.79 Å². The van der Waals surface area contributed by atoms with Gasteiger partial charge in [0.15, 0.2) is 0 Å². The summed E-state index contributed by atoms with van der Waals surface area (Å²) in [6.45, 7) is 5.89. The number of carbonyl (C=O) groups excluding carboxylic acids is 2. The Labute approximate surface area is 250 Å². The molecule has 3 fully saturated rings. The predicted molar refractivity (Wildman–Crippen MR) is 151 cm³/mol. The third-order valence-corrected chi connectivity index (χ3v) is 7.24. The number of carbonyl (C=O) groups is 2. The molecule has 10 radical (unpaired) electrons. The summed E-state index contributed by atoms with van der Waals surface area (Å²) >= 11 is 0. The van der Waals surface area contributed by atoms with Crippen LogP contribution in [-0.2, 0) is 31.3 Å². The van der Waals surface area contributed by atoms with E-state index in [-0.39, 0.29) is 47.5 Å². The van der Waals surface area contributed by atoms with E-state index in [4.69, 9.17) is 9.47 Å². The van der Waals surface area contributed by atoms with E-state index >= 15 is 0 Å². The molecule has 3 saturated carbocycles. The quantitative estimate of drug-likeness (QED) is 0.328. The van der Waals surface area contributed by atoms with Gasteiger partial charge in [0, 0.05) is 24.3 Å². The van der Waals surface area contributed by atoms with Crippen LogP contribution in [0, 0.1) is 69.1 Å². The SMILES string of the molecule is CC(C)(C)OC(=O)C[C@@H]1C[C@@H](NC(=O)OCC2c3ccccc3-c3ccccc32)[C]2[CH][CH][CH][C]21.[CH]1[CH][CH][CH][CH]1.[Fe+2]. The van der Waals surface area contributed by atoms with Crippen LogP contribution in [0.3, 0.4) is 0 Å². The molecule has 0 heterocycles. The molecule has 0 unspecified atom stereocenters. The molecular formula is C34H35FeNO4+2. The number of alkyl carbamates (subject to hydrolysis) is 1. The summed E-state index contributed by atoms with van der Waals surface area (Å²) in [5, 5.41) is 3.03. The van der Waals surface area contributed by atoms with E-state index in [1.165, 1.54) is 22.3 Å². The predicted octanol–water partition coefficient (Wildman–Crippen LogP) is 6.44. The first-order valence-electron chi connectivity index (χ1n) is 13.6. The Morgan fingerprint density at radius 3 is 1.95 bits per heavy atom. The molecule has 2 aromatic rings. The third-order valence-electron chi connectivity index (χ3n) is 7.24. The van der Waals surface area contributed by atoms with Gasteiger partial charge in [0.05, 0.1) is 0 Å². The van der Waals surface area contributed by atoms with Crippen molar-refractivity contribution in [3.8, 4) is 11.1 Å². The number of esters is 1. The summed E-state index contributed by atoms with van der Waals surface area (Å²) in [4.78, 5) is 25.2. The van der Waals surface area contributed by atoms with Crippen molar-refractivity contribution >= 4 is 12.1 Å². The monoisotopic (exact) mass is 577 g/mol. The summed E-state index contributed by atoms with van der Waals surface area (Å²) in [5.41, 5.74) is 4.27. The zero-order valence-electron chi connectivity index (χ0n) is 23.1. The number of nitrogens with one attached hydrogen (secondary N) is 1. The van der Waals surface area contributed by atoms with Crippen LogP contribution in [0.2, 0.25) is 0 Å². The number of hydrogen-bond donors (Lipinski definition) is 1. The zero-order chi connectivity index (χ0) is 27.4. The fourth-order valence-corrected chi connectivity index (χ4v) is 5.69. The van der Waals surface area contributed by atoms with Gasteiger partial charge in [0.25, 0.3) is 0 Å². The maximum Gasteiger partial charge on any atom is 2.00 e. The van der Waals surface area contributed by atoms with Gasteiger partial charge in [-0.3, -0.25) is 4.79 Å². The summed E-state index contributed by atoms with van der Waals surface area (Å²) in [5.74, 6) is 2.00. The van der Waals surface area contributed by atoms with E-state index in [9.17, 15) is 9.59 Å². The Balaban J connectivity index is 0.000000557. The molecule has 1 amide bonds. The molecule has 6 rings (SSSR count). The van der Waals surface area contributed by atoms with Crippen LogP contribution < -0.4 is 5.32 Å². The maximum absolute atomic E-state index is 12.8. The van der Waals surface area contributed by atoms with Crippen molar-refractivity contribution < 1.29 is 36.1 Å². The Hall–Kier alpha value is -2.30. The molecule has 40 heavy (non-hydrogen) atoms. The van der Waals surface area contributed by atoms with E-state index < -0.39 is 11.7 Å². The minimum atomic E-state index is -0.510.